The van der Waals surface area contributed by atoms with E-state index in [1.165, 1.54) is 42.3 Å². The molecule has 0 bridgehead atoms. The second-order valence-corrected chi connectivity index (χ2v) is 45.3. The normalized spacial score (nSPS) is 16.3. The summed E-state index contributed by atoms with van der Waals surface area (Å²) >= 11 is 50.6. The van der Waals surface area contributed by atoms with Gasteiger partial charge in [0, 0.05) is 226 Å². The van der Waals surface area contributed by atoms with E-state index in [9.17, 15) is 52.8 Å². The minimum atomic E-state index is -3.44. The molecule has 6 aliphatic heterocycles. The molecule has 138 heavy (non-hydrogen) atoms. The lowest BCUT2D eigenvalue weighted by atomic mass is 10.1. The van der Waals surface area contributed by atoms with Gasteiger partial charge in [-0.2, -0.15) is 0 Å². The van der Waals surface area contributed by atoms with Gasteiger partial charge in [-0.05, 0) is 121 Å². The van der Waals surface area contributed by atoms with Crippen molar-refractivity contribution >= 4 is 202 Å². The molecule has 6 fully saturated rings. The van der Waals surface area contributed by atoms with Crippen molar-refractivity contribution in [2.45, 2.75) is 33.1 Å². The summed E-state index contributed by atoms with van der Waals surface area (Å²) in [5.74, 6) is 0.348. The minimum Gasteiger partial charge on any atom is -0.380 e. The Morgan fingerprint density at radius 3 is 0.891 bits per heavy atom. The van der Waals surface area contributed by atoms with E-state index in [4.69, 9.17) is 127 Å². The van der Waals surface area contributed by atoms with E-state index >= 15 is 0 Å². The molecule has 47 heteroatoms. The molecule has 4 aromatic carbocycles. The molecule has 18 rings (SSSR count). The van der Waals surface area contributed by atoms with Crippen LogP contribution in [-0.2, 0) is 99.7 Å². The third-order valence-electron chi connectivity index (χ3n) is 24.6. The predicted molar refractivity (Wildman–Crippen MR) is 540 cm³/mol. The Hall–Kier alpha value is -9.44. The molecule has 35 nitrogen and oxygen atoms in total. The minimum absolute atomic E-state index is 0.0141. The smallest absolute Gasteiger partial charge is 0.248 e. The van der Waals surface area contributed by atoms with Crippen LogP contribution in [0.25, 0.3) is 67.6 Å². The summed E-state index contributed by atoms with van der Waals surface area (Å²) in [5, 5.41) is 4.05. The van der Waals surface area contributed by atoms with Crippen molar-refractivity contribution in [3.63, 3.8) is 0 Å². The van der Waals surface area contributed by atoms with Gasteiger partial charge in [0.1, 0.15) is 29.2 Å². The second-order valence-electron chi connectivity index (χ2n) is 34.4. The number of imidazole rings is 4. The van der Waals surface area contributed by atoms with Gasteiger partial charge in [-0.15, -0.1) is 0 Å². The van der Waals surface area contributed by atoms with E-state index in [1.807, 2.05) is 56.6 Å². The SMILES string of the molecule is CC(=O)N1CCN(Cc2c(-c3ccc(Cl)cc3Cl)nc3ccc(N(C)S(C)(=O)=O)cn23)CC1.CN(c1ccc2nc(-c3ccc(Cl)cc3Cl)c(CN3CCN(C(=O)C4COC4)CC3)n2c1)S(C)(=O)=O.COCC(=O)N1CCN(Cc2c(-c3ccc(Cl)cc3Cl)nc3ccc(NS(C)(=O)=O)cn23)CC1.CS(=O)(=O)Nc1ccc2nc(-c3ccc(Cl)cc3Cl)c(CN3CCN(C(=O)C4COC4)CC3)n2c1. The Morgan fingerprint density at radius 1 is 0.377 bits per heavy atom. The van der Waals surface area contributed by atoms with Gasteiger partial charge in [-0.25, -0.2) is 53.6 Å². The molecular weight excluding hydrogens is 2030 g/mol. The molecule has 736 valence electrons. The van der Waals surface area contributed by atoms with Crippen LogP contribution in [0.3, 0.4) is 0 Å². The maximum atomic E-state index is 12.6. The Kier molecular flexibility index (Phi) is 32.5. The number of nitrogens with zero attached hydrogens (tertiary/aromatic N) is 18. The Labute approximate surface area is 840 Å². The number of rotatable bonds is 24. The third kappa shape index (κ3) is 24.8. The largest absolute Gasteiger partial charge is 0.380 e. The Bertz CT molecular complexity index is 7100. The van der Waals surface area contributed by atoms with E-state index in [-0.39, 0.29) is 42.1 Å². The summed E-state index contributed by atoms with van der Waals surface area (Å²) in [6, 6.07) is 35.0. The van der Waals surface area contributed by atoms with Crippen LogP contribution in [0.1, 0.15) is 29.7 Å². The molecule has 14 heterocycles. The first-order chi connectivity index (χ1) is 65.5. The first-order valence-corrected chi connectivity index (χ1v) is 54.3. The van der Waals surface area contributed by atoms with Crippen LogP contribution in [0.4, 0.5) is 22.7 Å². The van der Waals surface area contributed by atoms with E-state index in [0.29, 0.717) is 253 Å². The molecule has 0 aliphatic carbocycles. The zero-order chi connectivity index (χ0) is 98.7. The summed E-state index contributed by atoms with van der Waals surface area (Å²) in [6.45, 7) is 16.6. The van der Waals surface area contributed by atoms with Crippen molar-refractivity contribution in [1.82, 2.24) is 76.7 Å². The predicted octanol–water partition coefficient (Wildman–Crippen LogP) is 12.3. The highest BCUT2D eigenvalue weighted by Crippen LogP contribution is 2.41. The number of benzene rings is 4. The number of carbonyl (C=O) groups is 4. The van der Waals surface area contributed by atoms with Crippen molar-refractivity contribution in [1.29, 1.82) is 0 Å². The number of ether oxygens (including phenoxy) is 3. The van der Waals surface area contributed by atoms with Crippen LogP contribution in [0.5, 0.6) is 0 Å². The summed E-state index contributed by atoms with van der Waals surface area (Å²) in [6.07, 6.45) is 11.5. The molecule has 0 saturated carbocycles. The van der Waals surface area contributed by atoms with Crippen molar-refractivity contribution in [2.24, 2.45) is 11.8 Å². The fraction of sp³-hybridized carbons (Fsp3) is 0.385. The number of pyridine rings is 4. The van der Waals surface area contributed by atoms with Gasteiger partial charge in [0.15, 0.2) is 0 Å². The maximum absolute atomic E-state index is 12.6. The molecule has 4 amide bonds. The number of aromatic nitrogens is 8. The number of anilines is 4. The average molecular weight is 2130 g/mol. The lowest BCUT2D eigenvalue weighted by Gasteiger charge is -2.38. The zero-order valence-corrected chi connectivity index (χ0v) is 85.8. The highest BCUT2D eigenvalue weighted by molar-refractivity contribution is 7.92. The van der Waals surface area contributed by atoms with Gasteiger partial charge in [0.25, 0.3) is 0 Å². The molecule has 12 aromatic rings. The maximum Gasteiger partial charge on any atom is 0.248 e. The van der Waals surface area contributed by atoms with Gasteiger partial charge in [0.05, 0.1) is 152 Å². The highest BCUT2D eigenvalue weighted by Gasteiger charge is 2.37. The average Bonchev–Trinajstić information content (AvgIpc) is 1.63. The summed E-state index contributed by atoms with van der Waals surface area (Å²) in [5.41, 5.74) is 13.9. The van der Waals surface area contributed by atoms with Crippen molar-refractivity contribution < 1.29 is 67.1 Å². The van der Waals surface area contributed by atoms with Gasteiger partial charge >= 0.3 is 0 Å². The third-order valence-corrected chi connectivity index (χ3v) is 30.4. The molecular formula is C91H102Cl8N20O15S4. The Balaban J connectivity index is 0.000000140. The lowest BCUT2D eigenvalue weighted by Crippen LogP contribution is -2.53. The first-order valence-electron chi connectivity index (χ1n) is 43.8. The number of sulfonamides is 4. The fourth-order valence-electron chi connectivity index (χ4n) is 16.8. The van der Waals surface area contributed by atoms with Crippen LogP contribution >= 0.6 is 92.8 Å². The number of carbonyl (C=O) groups excluding carboxylic acids is 4. The van der Waals surface area contributed by atoms with E-state index in [1.54, 1.807) is 134 Å². The summed E-state index contributed by atoms with van der Waals surface area (Å²) in [7, 11) is -9.18. The lowest BCUT2D eigenvalue weighted by molar-refractivity contribution is -0.152. The standard InChI is InChI=1S/C24H27Cl2N5O4S.C23H25Cl2N5O4S.C22H25Cl2N5O4S.C22H25Cl2N5O3S/c1-28(36(2,33)34)18-4-6-22-27-23(19-5-3-17(25)11-20(19)26)21(31(22)12-18)13-29-7-9-30(10-8-29)24(32)16-14-35-15-16;1-35(32,33)27-17-3-5-21-26-22(18-4-2-16(24)10-19(18)25)20(30(21)11-17)12-28-6-8-29(9-7-28)23(31)15-13-34-14-15;1-33-14-21(30)28-9-7-27(8-10-28)13-19-22(17-5-3-15(23)11-18(17)24)25-20-6-4-16(12-29(19)20)26-34(2,31)32;1-15(30)28-10-8-27(9-11-28)14-20-22(18-6-4-16(23)12-19(18)24)25-21-7-5-17(13-29(20)21)26(2)33(3,31)32/h3-6,11-12,16H,7-10,13-15H2,1-2H3;2-5,10-11,15,27H,6-9,12-14H2,1H3;3-6,11-12,26H,7-10,13-14H2,1-2H3;4-7,12-13H,8-11,14H2,1-3H3. The molecule has 8 aromatic heterocycles. The summed E-state index contributed by atoms with van der Waals surface area (Å²) < 4.78 is 126. The van der Waals surface area contributed by atoms with Gasteiger partial charge < -0.3 is 33.8 Å². The van der Waals surface area contributed by atoms with Crippen LogP contribution in [0.2, 0.25) is 40.2 Å². The fourth-order valence-corrected chi connectivity index (χ4v) is 20.9. The second kappa shape index (κ2) is 43.6. The summed E-state index contributed by atoms with van der Waals surface area (Å²) in [4.78, 5) is 84.7. The topological polar surface area (TPSA) is 358 Å². The van der Waals surface area contributed by atoms with Gasteiger partial charge in [-0.3, -0.25) is 74.4 Å². The molecule has 6 aliphatic rings. The molecule has 0 atom stereocenters. The molecule has 0 spiro atoms. The molecule has 2 N–H and O–H groups in total. The quantitative estimate of drug-likeness (QED) is 0.0567. The number of nitrogens with one attached hydrogen (secondary N) is 2. The molecule has 0 unspecified atom stereocenters. The van der Waals surface area contributed by atoms with E-state index in [2.05, 4.69) is 29.0 Å². The monoisotopic (exact) mass is 2120 g/mol. The van der Waals surface area contributed by atoms with Crippen LogP contribution in [0.15, 0.2) is 146 Å². The number of fused-ring (bicyclic) bond motifs is 4. The Morgan fingerprint density at radius 2 is 0.645 bits per heavy atom. The van der Waals surface area contributed by atoms with Crippen LogP contribution in [0, 0.1) is 11.8 Å². The number of hydrogen-bond donors (Lipinski definition) is 2. The van der Waals surface area contributed by atoms with E-state index in [0.717, 1.165) is 70.6 Å². The van der Waals surface area contributed by atoms with Crippen molar-refractivity contribution in [2.75, 3.05) is 202 Å². The van der Waals surface area contributed by atoms with Crippen LogP contribution < -0.4 is 18.1 Å². The van der Waals surface area contributed by atoms with Crippen molar-refractivity contribution in [3.8, 4) is 45.0 Å². The molecule has 0 radical (unpaired) electrons. The van der Waals surface area contributed by atoms with Gasteiger partial charge in [0.2, 0.25) is 63.7 Å². The van der Waals surface area contributed by atoms with Gasteiger partial charge in [-0.1, -0.05) is 92.8 Å². The number of amides is 4. The number of halogens is 8. The zero-order valence-electron chi connectivity index (χ0n) is 76.5. The first kappa shape index (κ1) is 103. The number of piperazine rings is 4. The van der Waals surface area contributed by atoms with Crippen LogP contribution in [-0.4, -0.2) is 318 Å². The number of hydrogen-bond acceptors (Lipinski definition) is 23. The van der Waals surface area contributed by atoms with E-state index < -0.39 is 40.1 Å². The van der Waals surface area contributed by atoms with Crippen molar-refractivity contribution in [3.05, 3.63) is 209 Å². The number of methoxy groups -OCH3 is 1. The highest BCUT2D eigenvalue weighted by atomic mass is 35.5. The molecule has 6 saturated heterocycles.